The minimum absolute atomic E-state index is 0.192. The minimum atomic E-state index is 0.192. The molecule has 0 spiro atoms. The number of hydrogen-bond donors (Lipinski definition) is 1. The van der Waals surface area contributed by atoms with E-state index in [2.05, 4.69) is 35.6 Å². The Bertz CT molecular complexity index is 544. The molecule has 3 rings (SSSR count). The van der Waals surface area contributed by atoms with Crippen molar-refractivity contribution >= 4 is 0 Å². The van der Waals surface area contributed by atoms with E-state index in [-0.39, 0.29) is 6.04 Å². The lowest BCUT2D eigenvalue weighted by molar-refractivity contribution is 0.525. The molecule has 1 aromatic heterocycles. The van der Waals surface area contributed by atoms with Gasteiger partial charge in [-0.3, -0.25) is 4.68 Å². The molecule has 3 heteroatoms. The van der Waals surface area contributed by atoms with Gasteiger partial charge >= 0.3 is 0 Å². The molecule has 1 heterocycles. The fourth-order valence-electron chi connectivity index (χ4n) is 3.03. The third-order valence-corrected chi connectivity index (χ3v) is 3.93. The third kappa shape index (κ3) is 2.06. The molecular formula is C15H19N3. The quantitative estimate of drug-likeness (QED) is 0.893. The van der Waals surface area contributed by atoms with Gasteiger partial charge in [-0.25, -0.2) is 0 Å². The van der Waals surface area contributed by atoms with Crippen LogP contribution in [0.15, 0.2) is 36.7 Å². The molecule has 0 amide bonds. The summed E-state index contributed by atoms with van der Waals surface area (Å²) in [4.78, 5) is 0. The van der Waals surface area contributed by atoms with Gasteiger partial charge in [0.25, 0.3) is 0 Å². The van der Waals surface area contributed by atoms with Crippen LogP contribution in [0.4, 0.5) is 0 Å². The Labute approximate surface area is 108 Å². The molecule has 0 radical (unpaired) electrons. The fraction of sp³-hybridized carbons (Fsp3) is 0.400. The van der Waals surface area contributed by atoms with Crippen molar-refractivity contribution in [1.82, 2.24) is 9.78 Å². The van der Waals surface area contributed by atoms with Gasteiger partial charge in [-0.1, -0.05) is 24.3 Å². The maximum atomic E-state index is 6.40. The normalized spacial score (nSPS) is 19.8. The van der Waals surface area contributed by atoms with E-state index in [4.69, 9.17) is 5.73 Å². The molecule has 1 aliphatic carbocycles. The van der Waals surface area contributed by atoms with Crippen LogP contribution in [0.2, 0.25) is 0 Å². The average Bonchev–Trinajstić information content (AvgIpc) is 2.95. The summed E-state index contributed by atoms with van der Waals surface area (Å²) in [6.45, 7) is 0. The van der Waals surface area contributed by atoms with E-state index in [1.807, 2.05) is 17.9 Å². The van der Waals surface area contributed by atoms with E-state index in [1.165, 1.54) is 29.5 Å². The molecule has 2 atom stereocenters. The van der Waals surface area contributed by atoms with Crippen LogP contribution in [0.3, 0.4) is 0 Å². The summed E-state index contributed by atoms with van der Waals surface area (Å²) >= 11 is 0. The predicted molar refractivity (Wildman–Crippen MR) is 72.4 cm³/mol. The van der Waals surface area contributed by atoms with Crippen LogP contribution < -0.4 is 5.73 Å². The van der Waals surface area contributed by atoms with E-state index in [0.717, 1.165) is 6.42 Å². The average molecular weight is 241 g/mol. The molecular weight excluding hydrogens is 222 g/mol. The van der Waals surface area contributed by atoms with Gasteiger partial charge in [0.05, 0.1) is 6.20 Å². The summed E-state index contributed by atoms with van der Waals surface area (Å²) in [5, 5.41) is 4.20. The van der Waals surface area contributed by atoms with Gasteiger partial charge in [-0.15, -0.1) is 0 Å². The summed E-state index contributed by atoms with van der Waals surface area (Å²) < 4.78 is 1.84. The second-order valence-corrected chi connectivity index (χ2v) is 5.23. The lowest BCUT2D eigenvalue weighted by Gasteiger charge is -2.19. The Morgan fingerprint density at radius 3 is 3.06 bits per heavy atom. The molecule has 94 valence electrons. The first kappa shape index (κ1) is 11.5. The number of nitrogens with zero attached hydrogens (tertiary/aromatic N) is 2. The number of benzene rings is 1. The van der Waals surface area contributed by atoms with Crippen molar-refractivity contribution in [3.05, 3.63) is 53.3 Å². The van der Waals surface area contributed by atoms with E-state index in [1.54, 1.807) is 0 Å². The summed E-state index contributed by atoms with van der Waals surface area (Å²) in [5.41, 5.74) is 10.6. The molecule has 0 saturated heterocycles. The Hall–Kier alpha value is -1.61. The van der Waals surface area contributed by atoms with Gasteiger partial charge in [-0.2, -0.15) is 5.10 Å². The second-order valence-electron chi connectivity index (χ2n) is 5.23. The van der Waals surface area contributed by atoms with Crippen LogP contribution in [0.5, 0.6) is 0 Å². The Kier molecular flexibility index (Phi) is 2.92. The zero-order chi connectivity index (χ0) is 12.5. The topological polar surface area (TPSA) is 43.8 Å². The van der Waals surface area contributed by atoms with Crippen LogP contribution >= 0.6 is 0 Å². The van der Waals surface area contributed by atoms with Crippen molar-refractivity contribution in [2.45, 2.75) is 31.2 Å². The molecule has 1 aromatic carbocycles. The number of hydrogen-bond acceptors (Lipinski definition) is 2. The lowest BCUT2D eigenvalue weighted by atomic mass is 9.90. The number of aromatic nitrogens is 2. The Balaban J connectivity index is 1.76. The first-order valence-electron chi connectivity index (χ1n) is 6.55. The van der Waals surface area contributed by atoms with Crippen LogP contribution in [0, 0.1) is 0 Å². The minimum Gasteiger partial charge on any atom is -0.327 e. The van der Waals surface area contributed by atoms with Crippen molar-refractivity contribution < 1.29 is 0 Å². The van der Waals surface area contributed by atoms with Gasteiger partial charge in [0.15, 0.2) is 0 Å². The highest BCUT2D eigenvalue weighted by molar-refractivity contribution is 5.36. The largest absolute Gasteiger partial charge is 0.327 e. The molecule has 0 saturated carbocycles. The zero-order valence-electron chi connectivity index (χ0n) is 10.7. The fourth-order valence-corrected chi connectivity index (χ4v) is 3.03. The molecule has 0 aliphatic heterocycles. The lowest BCUT2D eigenvalue weighted by Crippen LogP contribution is -2.29. The summed E-state index contributed by atoms with van der Waals surface area (Å²) in [5.74, 6) is 0.501. The molecule has 0 fully saturated rings. The SMILES string of the molecule is Cn1cc(CC(N)C2CCc3ccccc32)cn1. The van der Waals surface area contributed by atoms with Gasteiger partial charge in [0.2, 0.25) is 0 Å². The Morgan fingerprint density at radius 1 is 1.44 bits per heavy atom. The summed E-state index contributed by atoms with van der Waals surface area (Å²) in [6.07, 6.45) is 7.23. The highest BCUT2D eigenvalue weighted by atomic mass is 15.2. The number of rotatable bonds is 3. The van der Waals surface area contributed by atoms with Gasteiger partial charge in [0.1, 0.15) is 0 Å². The maximum Gasteiger partial charge on any atom is 0.0522 e. The predicted octanol–water partition coefficient (Wildman–Crippen LogP) is 2.02. The highest BCUT2D eigenvalue weighted by Gasteiger charge is 2.27. The van der Waals surface area contributed by atoms with E-state index >= 15 is 0 Å². The zero-order valence-corrected chi connectivity index (χ0v) is 10.7. The van der Waals surface area contributed by atoms with E-state index in [9.17, 15) is 0 Å². The second kappa shape index (κ2) is 4.58. The van der Waals surface area contributed by atoms with Crippen molar-refractivity contribution in [3.63, 3.8) is 0 Å². The van der Waals surface area contributed by atoms with Crippen LogP contribution in [-0.2, 0) is 19.9 Å². The maximum absolute atomic E-state index is 6.40. The van der Waals surface area contributed by atoms with Crippen LogP contribution in [0.1, 0.15) is 29.0 Å². The standard InChI is InChI=1S/C15H19N3/c1-18-10-11(9-17-18)8-15(16)14-7-6-12-4-2-3-5-13(12)14/h2-5,9-10,14-15H,6-8,16H2,1H3. The number of fused-ring (bicyclic) bond motifs is 1. The van der Waals surface area contributed by atoms with E-state index < -0.39 is 0 Å². The van der Waals surface area contributed by atoms with Crippen molar-refractivity contribution in [3.8, 4) is 0 Å². The molecule has 0 bridgehead atoms. The summed E-state index contributed by atoms with van der Waals surface area (Å²) in [7, 11) is 1.94. The molecule has 2 unspecified atom stereocenters. The van der Waals surface area contributed by atoms with Crippen molar-refractivity contribution in [2.24, 2.45) is 12.8 Å². The van der Waals surface area contributed by atoms with Gasteiger partial charge in [-0.05, 0) is 41.9 Å². The molecule has 3 nitrogen and oxygen atoms in total. The Morgan fingerprint density at radius 2 is 2.28 bits per heavy atom. The van der Waals surface area contributed by atoms with Crippen LogP contribution in [0.25, 0.3) is 0 Å². The van der Waals surface area contributed by atoms with E-state index in [0.29, 0.717) is 5.92 Å². The monoisotopic (exact) mass is 241 g/mol. The highest BCUT2D eigenvalue weighted by Crippen LogP contribution is 2.35. The molecule has 2 aromatic rings. The van der Waals surface area contributed by atoms with Crippen molar-refractivity contribution in [1.29, 1.82) is 0 Å². The van der Waals surface area contributed by atoms with Gasteiger partial charge in [0, 0.05) is 19.3 Å². The third-order valence-electron chi connectivity index (χ3n) is 3.93. The summed E-state index contributed by atoms with van der Waals surface area (Å²) in [6, 6.07) is 8.89. The molecule has 18 heavy (non-hydrogen) atoms. The first-order chi connectivity index (χ1) is 8.74. The number of nitrogens with two attached hydrogens (primary N) is 1. The molecule has 2 N–H and O–H groups in total. The van der Waals surface area contributed by atoms with Crippen LogP contribution in [-0.4, -0.2) is 15.8 Å². The van der Waals surface area contributed by atoms with Gasteiger partial charge < -0.3 is 5.73 Å². The van der Waals surface area contributed by atoms with Crippen molar-refractivity contribution in [2.75, 3.05) is 0 Å². The molecule has 1 aliphatic rings. The number of aryl methyl sites for hydroxylation is 2. The smallest absolute Gasteiger partial charge is 0.0522 e. The first-order valence-corrected chi connectivity index (χ1v) is 6.55.